The average Bonchev–Trinajstić information content (AvgIpc) is 2.53. The lowest BCUT2D eigenvalue weighted by molar-refractivity contribution is 0.0240. The summed E-state index contributed by atoms with van der Waals surface area (Å²) < 4.78 is 11.2. The Morgan fingerprint density at radius 2 is 1.96 bits per heavy atom. The molecule has 132 valence electrons. The number of carbonyl (C=O) groups is 1. The van der Waals surface area contributed by atoms with E-state index in [4.69, 9.17) is 15.2 Å². The first-order chi connectivity index (χ1) is 11.3. The number of fused-ring (bicyclic) bond motifs is 1. The molecule has 2 aliphatic rings. The zero-order valence-corrected chi connectivity index (χ0v) is 14.7. The summed E-state index contributed by atoms with van der Waals surface area (Å²) in [6.07, 6.45) is 0.632. The van der Waals surface area contributed by atoms with Gasteiger partial charge in [-0.2, -0.15) is 0 Å². The van der Waals surface area contributed by atoms with Crippen LogP contribution in [0.2, 0.25) is 0 Å². The van der Waals surface area contributed by atoms with Gasteiger partial charge in [0.2, 0.25) is 0 Å². The Bertz CT molecular complexity index is 604. The van der Waals surface area contributed by atoms with E-state index in [0.29, 0.717) is 19.7 Å². The van der Waals surface area contributed by atoms with Crippen LogP contribution < -0.4 is 15.4 Å². The second-order valence-corrected chi connectivity index (χ2v) is 7.52. The highest BCUT2D eigenvalue weighted by molar-refractivity contribution is 5.68. The van der Waals surface area contributed by atoms with E-state index in [0.717, 1.165) is 30.9 Å². The lowest BCUT2D eigenvalue weighted by atomic mass is 10.0. The van der Waals surface area contributed by atoms with Gasteiger partial charge < -0.3 is 25.0 Å². The number of hydrogen-bond acceptors (Lipinski definition) is 5. The standard InChI is InChI=1S/C18H27N3O3/c1-18(2,3)24-17(22)21-8-6-20(7-9-21)15-5-4-13-10-14(19)12-23-16(13)11-15/h4-5,11,14H,6-10,12,19H2,1-3H3/t14-/m0/s1. The van der Waals surface area contributed by atoms with E-state index in [1.165, 1.54) is 5.56 Å². The molecule has 6 heteroatoms. The molecule has 1 amide bonds. The summed E-state index contributed by atoms with van der Waals surface area (Å²) in [4.78, 5) is 16.2. The number of anilines is 1. The summed E-state index contributed by atoms with van der Waals surface area (Å²) in [6.45, 7) is 9.15. The van der Waals surface area contributed by atoms with Gasteiger partial charge in [-0.1, -0.05) is 6.07 Å². The highest BCUT2D eigenvalue weighted by atomic mass is 16.6. The molecule has 0 unspecified atom stereocenters. The lowest BCUT2D eigenvalue weighted by Crippen LogP contribution is -2.50. The number of carbonyl (C=O) groups excluding carboxylic acids is 1. The van der Waals surface area contributed by atoms with Gasteiger partial charge in [-0.15, -0.1) is 0 Å². The Hall–Kier alpha value is -1.95. The molecule has 0 radical (unpaired) electrons. The van der Waals surface area contributed by atoms with Gasteiger partial charge >= 0.3 is 6.09 Å². The highest BCUT2D eigenvalue weighted by Gasteiger charge is 2.26. The molecule has 1 atom stereocenters. The molecule has 2 heterocycles. The van der Waals surface area contributed by atoms with Crippen molar-refractivity contribution in [1.29, 1.82) is 0 Å². The van der Waals surface area contributed by atoms with Crippen LogP contribution in [0.25, 0.3) is 0 Å². The van der Waals surface area contributed by atoms with Crippen LogP contribution in [0.15, 0.2) is 18.2 Å². The molecule has 0 aliphatic carbocycles. The topological polar surface area (TPSA) is 68.0 Å². The van der Waals surface area contributed by atoms with Gasteiger partial charge in [-0.05, 0) is 38.8 Å². The summed E-state index contributed by atoms with van der Waals surface area (Å²) in [5.41, 5.74) is 7.78. The van der Waals surface area contributed by atoms with Gasteiger partial charge in [0.1, 0.15) is 18.0 Å². The van der Waals surface area contributed by atoms with Crippen LogP contribution in [-0.2, 0) is 11.2 Å². The smallest absolute Gasteiger partial charge is 0.410 e. The van der Waals surface area contributed by atoms with Crippen LogP contribution in [0.3, 0.4) is 0 Å². The van der Waals surface area contributed by atoms with Crippen LogP contribution in [0, 0.1) is 0 Å². The second kappa shape index (κ2) is 6.51. The molecule has 0 saturated carbocycles. The average molecular weight is 333 g/mol. The molecule has 0 spiro atoms. The zero-order valence-electron chi connectivity index (χ0n) is 14.7. The summed E-state index contributed by atoms with van der Waals surface area (Å²) in [5.74, 6) is 0.934. The summed E-state index contributed by atoms with van der Waals surface area (Å²) in [5, 5.41) is 0. The Balaban J connectivity index is 1.60. The fourth-order valence-electron chi connectivity index (χ4n) is 3.05. The number of ether oxygens (including phenoxy) is 2. The van der Waals surface area contributed by atoms with E-state index in [1.54, 1.807) is 4.90 Å². The Morgan fingerprint density at radius 1 is 1.25 bits per heavy atom. The predicted octanol–water partition coefficient (Wildman–Crippen LogP) is 2.01. The van der Waals surface area contributed by atoms with Gasteiger partial charge in [0.15, 0.2) is 0 Å². The van der Waals surface area contributed by atoms with Crippen molar-refractivity contribution >= 4 is 11.8 Å². The third-order valence-corrected chi connectivity index (χ3v) is 4.28. The first-order valence-electron chi connectivity index (χ1n) is 8.56. The second-order valence-electron chi connectivity index (χ2n) is 7.52. The number of piperazine rings is 1. The maximum absolute atomic E-state index is 12.1. The van der Waals surface area contributed by atoms with Crippen molar-refractivity contribution in [3.8, 4) is 5.75 Å². The van der Waals surface area contributed by atoms with E-state index < -0.39 is 5.60 Å². The van der Waals surface area contributed by atoms with E-state index >= 15 is 0 Å². The molecule has 6 nitrogen and oxygen atoms in total. The SMILES string of the molecule is CC(C)(C)OC(=O)N1CCN(c2ccc3c(c2)OC[C@@H](N)C3)CC1. The number of hydrogen-bond donors (Lipinski definition) is 1. The lowest BCUT2D eigenvalue weighted by Gasteiger charge is -2.37. The van der Waals surface area contributed by atoms with Crippen LogP contribution in [0.4, 0.5) is 10.5 Å². The molecule has 1 aromatic carbocycles. The number of nitrogens with zero attached hydrogens (tertiary/aromatic N) is 2. The van der Waals surface area contributed by atoms with Crippen LogP contribution in [0.5, 0.6) is 5.75 Å². The zero-order chi connectivity index (χ0) is 17.3. The fourth-order valence-corrected chi connectivity index (χ4v) is 3.05. The molecule has 2 aliphatic heterocycles. The molecule has 2 N–H and O–H groups in total. The Kier molecular flexibility index (Phi) is 4.58. The first kappa shape index (κ1) is 16.9. The number of rotatable bonds is 1. The molecule has 0 bridgehead atoms. The van der Waals surface area contributed by atoms with E-state index in [9.17, 15) is 4.79 Å². The van der Waals surface area contributed by atoms with Gasteiger partial charge in [-0.3, -0.25) is 0 Å². The monoisotopic (exact) mass is 333 g/mol. The molecule has 1 aromatic rings. The number of benzene rings is 1. The minimum absolute atomic E-state index is 0.0840. The number of nitrogens with two attached hydrogens (primary N) is 1. The maximum Gasteiger partial charge on any atom is 0.410 e. The van der Waals surface area contributed by atoms with Crippen molar-refractivity contribution in [3.63, 3.8) is 0 Å². The minimum atomic E-state index is -0.453. The Morgan fingerprint density at radius 3 is 2.62 bits per heavy atom. The first-order valence-corrected chi connectivity index (χ1v) is 8.56. The van der Waals surface area contributed by atoms with Gasteiger partial charge in [0, 0.05) is 44.0 Å². The van der Waals surface area contributed by atoms with Gasteiger partial charge in [-0.25, -0.2) is 4.79 Å². The normalized spacial score (nSPS) is 21.1. The van der Waals surface area contributed by atoms with Crippen molar-refractivity contribution in [1.82, 2.24) is 4.90 Å². The van der Waals surface area contributed by atoms with E-state index in [2.05, 4.69) is 23.1 Å². The highest BCUT2D eigenvalue weighted by Crippen LogP contribution is 2.30. The molecule has 1 fully saturated rings. The largest absolute Gasteiger partial charge is 0.492 e. The van der Waals surface area contributed by atoms with Crippen LogP contribution >= 0.6 is 0 Å². The van der Waals surface area contributed by atoms with E-state index in [-0.39, 0.29) is 12.1 Å². The van der Waals surface area contributed by atoms with Crippen molar-refractivity contribution in [2.45, 2.75) is 38.8 Å². The molecule has 1 saturated heterocycles. The third kappa shape index (κ3) is 3.93. The third-order valence-electron chi connectivity index (χ3n) is 4.28. The summed E-state index contributed by atoms with van der Waals surface area (Å²) >= 11 is 0. The van der Waals surface area contributed by atoms with Crippen molar-refractivity contribution in [2.75, 3.05) is 37.7 Å². The van der Waals surface area contributed by atoms with Gasteiger partial charge in [0.05, 0.1) is 0 Å². The predicted molar refractivity (Wildman–Crippen MR) is 93.6 cm³/mol. The summed E-state index contributed by atoms with van der Waals surface area (Å²) in [6, 6.07) is 6.39. The van der Waals surface area contributed by atoms with Crippen LogP contribution in [-0.4, -0.2) is 55.4 Å². The quantitative estimate of drug-likeness (QED) is 0.851. The van der Waals surface area contributed by atoms with Crippen LogP contribution in [0.1, 0.15) is 26.3 Å². The fraction of sp³-hybridized carbons (Fsp3) is 0.611. The molecular formula is C18H27N3O3. The van der Waals surface area contributed by atoms with Crippen molar-refractivity contribution in [2.24, 2.45) is 5.73 Å². The van der Waals surface area contributed by atoms with E-state index in [1.807, 2.05) is 20.8 Å². The maximum atomic E-state index is 12.1. The number of amides is 1. The van der Waals surface area contributed by atoms with Crippen molar-refractivity contribution in [3.05, 3.63) is 23.8 Å². The molecule has 3 rings (SSSR count). The summed E-state index contributed by atoms with van der Waals surface area (Å²) in [7, 11) is 0. The molecule has 0 aromatic heterocycles. The van der Waals surface area contributed by atoms with Gasteiger partial charge in [0.25, 0.3) is 0 Å². The molecule has 24 heavy (non-hydrogen) atoms. The Labute approximate surface area is 143 Å². The molecular weight excluding hydrogens is 306 g/mol. The minimum Gasteiger partial charge on any atom is -0.492 e. The van der Waals surface area contributed by atoms with Crippen molar-refractivity contribution < 1.29 is 14.3 Å².